The molecule has 0 spiro atoms. The molecule has 0 amide bonds. The molecule has 0 N–H and O–H groups in total. The second kappa shape index (κ2) is 16.5. The molecule has 1 aliphatic rings. The largest absolute Gasteiger partial charge is 0.314 e. The van der Waals surface area contributed by atoms with Gasteiger partial charge in [0.25, 0.3) is 0 Å². The van der Waals surface area contributed by atoms with Gasteiger partial charge >= 0.3 is 0 Å². The summed E-state index contributed by atoms with van der Waals surface area (Å²) >= 11 is 0. The van der Waals surface area contributed by atoms with Crippen molar-refractivity contribution in [2.45, 2.75) is 26.7 Å². The lowest BCUT2D eigenvalue weighted by atomic mass is 9.94. The highest BCUT2D eigenvalue weighted by atomic mass is 15.2. The topological polar surface area (TPSA) is 6.48 Å². The highest BCUT2D eigenvalue weighted by molar-refractivity contribution is 5.93. The molecule has 0 fully saturated rings. The van der Waals surface area contributed by atoms with Crippen LogP contribution in [0.15, 0.2) is 206 Å². The highest BCUT2D eigenvalue weighted by Crippen LogP contribution is 2.39. The van der Waals surface area contributed by atoms with Crippen molar-refractivity contribution in [1.29, 1.82) is 0 Å². The van der Waals surface area contributed by atoms with Gasteiger partial charge < -0.3 is 9.80 Å². The van der Waals surface area contributed by atoms with Gasteiger partial charge in [-0.3, -0.25) is 0 Å². The first-order valence-corrected chi connectivity index (χ1v) is 20.5. The summed E-state index contributed by atoms with van der Waals surface area (Å²) < 4.78 is 0. The number of aryl methyl sites for hydroxylation is 1. The first kappa shape index (κ1) is 36.5. The lowest BCUT2D eigenvalue weighted by molar-refractivity contribution is 0.894. The molecule has 0 unspecified atom stereocenters. The third-order valence-corrected chi connectivity index (χ3v) is 11.1. The van der Waals surface area contributed by atoms with Crippen molar-refractivity contribution in [3.63, 3.8) is 0 Å². The molecule has 0 radical (unpaired) electrons. The molecule has 0 aromatic heterocycles. The van der Waals surface area contributed by atoms with Crippen molar-refractivity contribution in [2.24, 2.45) is 0 Å². The van der Waals surface area contributed by atoms with Crippen molar-refractivity contribution in [3.05, 3.63) is 228 Å². The van der Waals surface area contributed by atoms with Crippen LogP contribution in [0, 0.1) is 0 Å². The number of allylic oxidation sites excluding steroid dienone is 1. The smallest absolute Gasteiger partial charge is 0.0468 e. The van der Waals surface area contributed by atoms with Crippen molar-refractivity contribution < 1.29 is 0 Å². The van der Waals surface area contributed by atoms with E-state index in [4.69, 9.17) is 0 Å². The van der Waals surface area contributed by atoms with Crippen LogP contribution in [0.2, 0.25) is 0 Å². The van der Waals surface area contributed by atoms with Gasteiger partial charge in [0.1, 0.15) is 0 Å². The summed E-state index contributed by atoms with van der Waals surface area (Å²) in [6, 6.07) is 72.6. The molecule has 0 bridgehead atoms. The minimum atomic E-state index is 0.987. The van der Waals surface area contributed by atoms with Gasteiger partial charge in [0.05, 0.1) is 0 Å². The van der Waals surface area contributed by atoms with Crippen molar-refractivity contribution in [3.8, 4) is 0 Å². The molecule has 280 valence electrons. The molecular formula is C56H46N2. The van der Waals surface area contributed by atoms with Gasteiger partial charge in [-0.25, -0.2) is 0 Å². The second-order valence-electron chi connectivity index (χ2n) is 14.6. The van der Waals surface area contributed by atoms with E-state index in [-0.39, 0.29) is 0 Å². The maximum absolute atomic E-state index is 2.44. The fourth-order valence-corrected chi connectivity index (χ4v) is 8.13. The normalized spacial score (nSPS) is 12.2. The average Bonchev–Trinajstić information content (AvgIpc) is 3.30. The van der Waals surface area contributed by atoms with Crippen molar-refractivity contribution in [1.82, 2.24) is 0 Å². The zero-order valence-corrected chi connectivity index (χ0v) is 33.1. The number of fused-ring (bicyclic) bond motifs is 4. The van der Waals surface area contributed by atoms with Gasteiger partial charge in [0.15, 0.2) is 0 Å². The Morgan fingerprint density at radius 2 is 0.724 bits per heavy atom. The Hall–Kier alpha value is -7.16. The van der Waals surface area contributed by atoms with Crippen LogP contribution in [0.25, 0.3) is 50.5 Å². The molecule has 10 rings (SSSR count). The molecule has 9 aromatic carbocycles. The van der Waals surface area contributed by atoms with Crippen LogP contribution in [0.1, 0.15) is 42.5 Å². The molecule has 9 aromatic rings. The molecule has 0 atom stereocenters. The third-order valence-electron chi connectivity index (χ3n) is 11.1. The number of hydrogen-bond donors (Lipinski definition) is 0. The Labute approximate surface area is 342 Å². The number of hydrogen-bond acceptors (Lipinski definition) is 2. The molecule has 58 heavy (non-hydrogen) atoms. The summed E-state index contributed by atoms with van der Waals surface area (Å²) in [6.45, 7) is 4.00. The number of nitrogens with zero attached hydrogens (tertiary/aromatic N) is 2. The van der Waals surface area contributed by atoms with E-state index in [2.05, 4.69) is 228 Å². The highest BCUT2D eigenvalue weighted by Gasteiger charge is 2.20. The zero-order chi connectivity index (χ0) is 39.3. The minimum Gasteiger partial charge on any atom is -0.314 e. The van der Waals surface area contributed by atoms with E-state index in [1.807, 2.05) is 13.8 Å². The molecule has 2 nitrogen and oxygen atoms in total. The van der Waals surface area contributed by atoms with Gasteiger partial charge in [-0.05, 0) is 134 Å². The van der Waals surface area contributed by atoms with E-state index >= 15 is 0 Å². The standard InChI is InChI=1S/C54H40N2.C2H6/c1-5-13-45-35-51(31-23-41(45)9-1)55(52-32-24-42-10-2-6-14-46(42)36-52)49-27-19-39(20-28-49)17-18-40-21-29-50(30-22-40)56(53-33-25-43-11-3-7-15-47(43)37-53)54-34-26-44-12-4-8-16-48(44)38-54;1-2/h1-25,27-33,35-38H,26,34H2;1-2H3/b18-17+;. The Kier molecular flexibility index (Phi) is 10.4. The van der Waals surface area contributed by atoms with Gasteiger partial charge in [-0.15, -0.1) is 0 Å². The van der Waals surface area contributed by atoms with Gasteiger partial charge in [-0.1, -0.05) is 166 Å². The predicted molar refractivity (Wildman–Crippen MR) is 252 cm³/mol. The quantitative estimate of drug-likeness (QED) is 0.143. The van der Waals surface area contributed by atoms with E-state index < -0.39 is 0 Å². The molecule has 0 heterocycles. The predicted octanol–water partition coefficient (Wildman–Crippen LogP) is 15.9. The second-order valence-corrected chi connectivity index (χ2v) is 14.6. The van der Waals surface area contributed by atoms with Crippen LogP contribution in [0.3, 0.4) is 0 Å². The Morgan fingerprint density at radius 1 is 0.345 bits per heavy atom. The minimum absolute atomic E-state index is 0.987. The van der Waals surface area contributed by atoms with Crippen LogP contribution in [-0.4, -0.2) is 0 Å². The van der Waals surface area contributed by atoms with E-state index in [1.165, 1.54) is 54.8 Å². The molecular weight excluding hydrogens is 701 g/mol. The van der Waals surface area contributed by atoms with Gasteiger partial charge in [-0.2, -0.15) is 0 Å². The zero-order valence-electron chi connectivity index (χ0n) is 33.1. The molecule has 0 saturated carbocycles. The molecule has 1 aliphatic carbocycles. The van der Waals surface area contributed by atoms with E-state index in [1.54, 1.807) is 0 Å². The first-order chi connectivity index (χ1) is 28.7. The van der Waals surface area contributed by atoms with Crippen LogP contribution in [0.5, 0.6) is 0 Å². The van der Waals surface area contributed by atoms with Gasteiger partial charge in [0, 0.05) is 34.1 Å². The van der Waals surface area contributed by atoms with E-state index in [9.17, 15) is 0 Å². The molecule has 2 heteroatoms. The Morgan fingerprint density at radius 3 is 1.21 bits per heavy atom. The number of benzene rings is 9. The Bertz CT molecular complexity index is 2840. The molecule has 0 aliphatic heterocycles. The summed E-state index contributed by atoms with van der Waals surface area (Å²) in [5.74, 6) is 0. The summed E-state index contributed by atoms with van der Waals surface area (Å²) in [5, 5.41) is 7.42. The summed E-state index contributed by atoms with van der Waals surface area (Å²) in [6.07, 6.45) is 8.80. The monoisotopic (exact) mass is 746 g/mol. The SMILES string of the molecule is C1=C(N(c2ccc(/C=C/c3ccc(N(c4ccc5ccccc5c4)c4ccc5ccccc5c4)cc3)cc2)c2ccc3ccccc3c2)CCc2ccccc21.CC. The maximum Gasteiger partial charge on any atom is 0.0468 e. The van der Waals surface area contributed by atoms with Crippen LogP contribution in [-0.2, 0) is 6.42 Å². The number of anilines is 5. The van der Waals surface area contributed by atoms with Crippen molar-refractivity contribution in [2.75, 3.05) is 9.80 Å². The van der Waals surface area contributed by atoms with Crippen LogP contribution >= 0.6 is 0 Å². The van der Waals surface area contributed by atoms with Crippen LogP contribution in [0.4, 0.5) is 28.4 Å². The Balaban J connectivity index is 0.00000215. The van der Waals surface area contributed by atoms with E-state index in [0.717, 1.165) is 46.7 Å². The fraction of sp³-hybridized carbons (Fsp3) is 0.0714. The van der Waals surface area contributed by atoms with E-state index in [0.29, 0.717) is 0 Å². The summed E-state index contributed by atoms with van der Waals surface area (Å²) in [5.41, 5.74) is 12.1. The lowest BCUT2D eigenvalue weighted by Crippen LogP contribution is -2.19. The lowest BCUT2D eigenvalue weighted by Gasteiger charge is -2.31. The maximum atomic E-state index is 2.44. The average molecular weight is 747 g/mol. The number of rotatable bonds is 8. The summed E-state index contributed by atoms with van der Waals surface area (Å²) in [7, 11) is 0. The van der Waals surface area contributed by atoms with Gasteiger partial charge in [0.2, 0.25) is 0 Å². The fourth-order valence-electron chi connectivity index (χ4n) is 8.13. The van der Waals surface area contributed by atoms with Crippen molar-refractivity contribution >= 4 is 79.0 Å². The molecule has 0 saturated heterocycles. The third kappa shape index (κ3) is 7.53. The summed E-state index contributed by atoms with van der Waals surface area (Å²) in [4.78, 5) is 4.79. The first-order valence-electron chi connectivity index (χ1n) is 20.5. The van der Waals surface area contributed by atoms with Crippen LogP contribution < -0.4 is 9.80 Å².